The van der Waals surface area contributed by atoms with E-state index in [1.165, 1.54) is 22.3 Å². The van der Waals surface area contributed by atoms with Gasteiger partial charge in [-0.15, -0.1) is 0 Å². The highest BCUT2D eigenvalue weighted by Crippen LogP contribution is 2.39. The predicted molar refractivity (Wildman–Crippen MR) is 208 cm³/mol. The Morgan fingerprint density at radius 3 is 1.27 bits per heavy atom. The minimum atomic E-state index is 0.810. The van der Waals surface area contributed by atoms with Crippen LogP contribution >= 0.6 is 0 Å². The van der Waals surface area contributed by atoms with Gasteiger partial charge in [0.2, 0.25) is 0 Å². The van der Waals surface area contributed by atoms with Crippen LogP contribution < -0.4 is 9.80 Å². The second kappa shape index (κ2) is 15.3. The standard InChI is InChI=1S/C46H38N2/c1-4-6-17-36(3)47(46(16-5-2)41-22-14-9-15-23-41)42-32-34-45(35-33-42)48(43-28-24-39(25-29-43)37-18-10-7-11-19-37)44-30-26-40(27-31-44)38-20-12-8-13-21-38/h4-35H,1-3H2/b17-6-,46-16+. The van der Waals surface area contributed by atoms with Crippen LogP contribution in [0.3, 0.4) is 0 Å². The summed E-state index contributed by atoms with van der Waals surface area (Å²) in [6.07, 6.45) is 9.46. The lowest BCUT2D eigenvalue weighted by atomic mass is 10.0. The van der Waals surface area contributed by atoms with Crippen molar-refractivity contribution < 1.29 is 0 Å². The van der Waals surface area contributed by atoms with E-state index in [-0.39, 0.29) is 0 Å². The molecular formula is C46H38N2. The van der Waals surface area contributed by atoms with E-state index in [2.05, 4.69) is 163 Å². The van der Waals surface area contributed by atoms with Gasteiger partial charge in [-0.25, -0.2) is 0 Å². The molecule has 0 aliphatic rings. The van der Waals surface area contributed by atoms with Gasteiger partial charge in [-0.3, -0.25) is 0 Å². The Bertz CT molecular complexity index is 1940. The molecule has 0 heterocycles. The zero-order valence-corrected chi connectivity index (χ0v) is 27.0. The van der Waals surface area contributed by atoms with Crippen LogP contribution in [0, 0.1) is 0 Å². The Labute approximate surface area is 284 Å². The van der Waals surface area contributed by atoms with Gasteiger partial charge in [-0.05, 0) is 88.5 Å². The molecule has 0 aromatic heterocycles. The van der Waals surface area contributed by atoms with Gasteiger partial charge in [-0.1, -0.05) is 153 Å². The summed E-state index contributed by atoms with van der Waals surface area (Å²) < 4.78 is 0. The number of rotatable bonds is 12. The molecule has 0 saturated carbocycles. The van der Waals surface area contributed by atoms with Crippen molar-refractivity contribution in [1.82, 2.24) is 0 Å². The molecule has 0 aliphatic heterocycles. The molecule has 2 nitrogen and oxygen atoms in total. The van der Waals surface area contributed by atoms with Gasteiger partial charge in [0.15, 0.2) is 0 Å². The molecule has 48 heavy (non-hydrogen) atoms. The molecule has 0 saturated heterocycles. The molecule has 0 spiro atoms. The van der Waals surface area contributed by atoms with Gasteiger partial charge in [0.1, 0.15) is 0 Å². The fourth-order valence-electron chi connectivity index (χ4n) is 5.80. The molecule has 6 aromatic rings. The highest BCUT2D eigenvalue weighted by atomic mass is 15.2. The highest BCUT2D eigenvalue weighted by Gasteiger charge is 2.18. The summed E-state index contributed by atoms with van der Waals surface area (Å²) in [5, 5.41) is 0. The van der Waals surface area contributed by atoms with Crippen LogP contribution in [0.15, 0.2) is 220 Å². The van der Waals surface area contributed by atoms with Crippen molar-refractivity contribution in [3.8, 4) is 22.3 Å². The van der Waals surface area contributed by atoms with Gasteiger partial charge < -0.3 is 9.80 Å². The average Bonchev–Trinajstić information content (AvgIpc) is 3.16. The molecule has 232 valence electrons. The van der Waals surface area contributed by atoms with Crippen LogP contribution in [0.25, 0.3) is 28.0 Å². The smallest absolute Gasteiger partial charge is 0.0533 e. The largest absolute Gasteiger partial charge is 0.311 e. The van der Waals surface area contributed by atoms with Crippen LogP contribution in [-0.4, -0.2) is 0 Å². The van der Waals surface area contributed by atoms with Crippen molar-refractivity contribution in [1.29, 1.82) is 0 Å². The third-order valence-corrected chi connectivity index (χ3v) is 8.13. The summed E-state index contributed by atoms with van der Waals surface area (Å²) in [5.41, 5.74) is 11.8. The molecule has 0 bridgehead atoms. The topological polar surface area (TPSA) is 6.48 Å². The van der Waals surface area contributed by atoms with Crippen LogP contribution in [0.2, 0.25) is 0 Å². The second-order valence-corrected chi connectivity index (χ2v) is 11.3. The van der Waals surface area contributed by atoms with Crippen molar-refractivity contribution in [2.75, 3.05) is 9.80 Å². The monoisotopic (exact) mass is 618 g/mol. The maximum absolute atomic E-state index is 4.42. The number of nitrogens with zero attached hydrogens (tertiary/aromatic N) is 2. The minimum Gasteiger partial charge on any atom is -0.311 e. The summed E-state index contributed by atoms with van der Waals surface area (Å²) in [7, 11) is 0. The minimum absolute atomic E-state index is 0.810. The number of allylic oxidation sites excluding steroid dienone is 5. The van der Waals surface area contributed by atoms with E-state index in [9.17, 15) is 0 Å². The first-order chi connectivity index (χ1) is 23.7. The lowest BCUT2D eigenvalue weighted by molar-refractivity contribution is 1.22. The number of hydrogen-bond acceptors (Lipinski definition) is 2. The summed E-state index contributed by atoms with van der Waals surface area (Å²) in [4.78, 5) is 4.44. The molecule has 0 N–H and O–H groups in total. The molecule has 0 atom stereocenters. The number of anilines is 4. The van der Waals surface area contributed by atoms with E-state index in [4.69, 9.17) is 0 Å². The molecule has 0 amide bonds. The first-order valence-corrected chi connectivity index (χ1v) is 16.0. The molecule has 6 aromatic carbocycles. The van der Waals surface area contributed by atoms with Gasteiger partial charge >= 0.3 is 0 Å². The van der Waals surface area contributed by atoms with Crippen molar-refractivity contribution in [3.63, 3.8) is 0 Å². The SMILES string of the molecule is C=C/C=C\C(=C)N(/C(=C/C=C)c1ccccc1)c1ccc(N(c2ccc(-c3ccccc3)cc2)c2ccc(-c3ccccc3)cc2)cc1. The van der Waals surface area contributed by atoms with Gasteiger partial charge in [0, 0.05) is 28.4 Å². The van der Waals surface area contributed by atoms with E-state index in [1.807, 2.05) is 54.6 Å². The predicted octanol–water partition coefficient (Wildman–Crippen LogP) is 12.8. The lowest BCUT2D eigenvalue weighted by Crippen LogP contribution is -2.19. The highest BCUT2D eigenvalue weighted by molar-refractivity contribution is 5.86. The number of hydrogen-bond donors (Lipinski definition) is 0. The van der Waals surface area contributed by atoms with Crippen molar-refractivity contribution in [3.05, 3.63) is 225 Å². The summed E-state index contributed by atoms with van der Waals surface area (Å²) in [6.45, 7) is 12.3. The van der Waals surface area contributed by atoms with E-state index in [0.29, 0.717) is 0 Å². The Morgan fingerprint density at radius 2 is 0.833 bits per heavy atom. The maximum atomic E-state index is 4.42. The second-order valence-electron chi connectivity index (χ2n) is 11.3. The van der Waals surface area contributed by atoms with E-state index < -0.39 is 0 Å². The molecule has 6 rings (SSSR count). The molecule has 0 fully saturated rings. The lowest BCUT2D eigenvalue weighted by Gasteiger charge is -2.30. The Kier molecular flexibility index (Phi) is 10.1. The van der Waals surface area contributed by atoms with Gasteiger partial charge in [0.25, 0.3) is 0 Å². The molecular weight excluding hydrogens is 581 g/mol. The third-order valence-electron chi connectivity index (χ3n) is 8.13. The van der Waals surface area contributed by atoms with Crippen molar-refractivity contribution >= 4 is 28.4 Å². The Morgan fingerprint density at radius 1 is 0.438 bits per heavy atom. The molecule has 0 aliphatic carbocycles. The fraction of sp³-hybridized carbons (Fsp3) is 0. The summed E-state index contributed by atoms with van der Waals surface area (Å²) in [5.74, 6) is 0. The van der Waals surface area contributed by atoms with Crippen LogP contribution in [0.4, 0.5) is 22.7 Å². The average molecular weight is 619 g/mol. The normalized spacial score (nSPS) is 11.2. The van der Waals surface area contributed by atoms with Crippen molar-refractivity contribution in [2.24, 2.45) is 0 Å². The van der Waals surface area contributed by atoms with E-state index in [1.54, 1.807) is 6.08 Å². The van der Waals surface area contributed by atoms with Crippen LogP contribution in [0.5, 0.6) is 0 Å². The van der Waals surface area contributed by atoms with Crippen LogP contribution in [-0.2, 0) is 0 Å². The first kappa shape index (κ1) is 31.6. The molecule has 0 radical (unpaired) electrons. The van der Waals surface area contributed by atoms with E-state index >= 15 is 0 Å². The summed E-state index contributed by atoms with van der Waals surface area (Å²) >= 11 is 0. The first-order valence-electron chi connectivity index (χ1n) is 16.0. The van der Waals surface area contributed by atoms with E-state index in [0.717, 1.165) is 39.7 Å². The summed E-state index contributed by atoms with van der Waals surface area (Å²) in [6, 6.07) is 57.4. The zero-order chi connectivity index (χ0) is 33.1. The van der Waals surface area contributed by atoms with Crippen molar-refractivity contribution in [2.45, 2.75) is 0 Å². The van der Waals surface area contributed by atoms with Crippen LogP contribution in [0.1, 0.15) is 5.56 Å². The Hall–Kier alpha value is -6.38. The third kappa shape index (κ3) is 7.20. The van der Waals surface area contributed by atoms with Gasteiger partial charge in [-0.2, -0.15) is 0 Å². The molecule has 2 heteroatoms. The maximum Gasteiger partial charge on any atom is 0.0533 e. The quantitative estimate of drug-likeness (QED) is 0.126. The Balaban J connectivity index is 1.42. The zero-order valence-electron chi connectivity index (χ0n) is 27.0. The molecule has 0 unspecified atom stereocenters. The number of benzene rings is 6. The fourth-order valence-corrected chi connectivity index (χ4v) is 5.80. The van der Waals surface area contributed by atoms with Gasteiger partial charge in [0.05, 0.1) is 5.70 Å².